The first-order valence-electron chi connectivity index (χ1n) is 5.52. The van der Waals surface area contributed by atoms with Crippen LogP contribution in [-0.2, 0) is 4.79 Å². The molecule has 0 spiro atoms. The van der Waals surface area contributed by atoms with Crippen molar-refractivity contribution in [1.82, 2.24) is 15.1 Å². The fourth-order valence-electron chi connectivity index (χ4n) is 1.02. The number of hydrogen-bond acceptors (Lipinski definition) is 6. The molecule has 0 fully saturated rings. The van der Waals surface area contributed by atoms with Crippen molar-refractivity contribution in [1.29, 1.82) is 0 Å². The number of halogens is 3. The number of rotatable bonds is 2. The van der Waals surface area contributed by atoms with Crippen molar-refractivity contribution in [3.8, 4) is 11.5 Å². The third-order valence-corrected chi connectivity index (χ3v) is 1.97. The average molecular weight is 304 g/mol. The van der Waals surface area contributed by atoms with E-state index in [9.17, 15) is 13.2 Å². The molecule has 0 saturated carbocycles. The van der Waals surface area contributed by atoms with E-state index in [4.69, 9.17) is 20.2 Å². The van der Waals surface area contributed by atoms with Gasteiger partial charge < -0.3 is 15.4 Å². The van der Waals surface area contributed by atoms with Gasteiger partial charge >= 0.3 is 12.1 Å². The first-order chi connectivity index (χ1) is 9.71. The molecule has 2 heterocycles. The van der Waals surface area contributed by atoms with Crippen molar-refractivity contribution < 1.29 is 27.6 Å². The maximum Gasteiger partial charge on any atom is 0.490 e. The van der Waals surface area contributed by atoms with Crippen LogP contribution in [-0.4, -0.2) is 32.4 Å². The van der Waals surface area contributed by atoms with Crippen LogP contribution >= 0.6 is 0 Å². The number of aromatic nitrogens is 3. The largest absolute Gasteiger partial charge is 0.490 e. The Labute approximate surface area is 116 Å². The molecule has 1 unspecified atom stereocenters. The van der Waals surface area contributed by atoms with Gasteiger partial charge in [-0.2, -0.15) is 18.2 Å². The summed E-state index contributed by atoms with van der Waals surface area (Å²) in [5, 5.41) is 10.9. The molecule has 0 bridgehead atoms. The number of hydrogen-bond donors (Lipinski definition) is 2. The molecule has 0 aliphatic carbocycles. The highest BCUT2D eigenvalue weighted by molar-refractivity contribution is 5.73. The Morgan fingerprint density at radius 3 is 2.43 bits per heavy atom. The zero-order valence-electron chi connectivity index (χ0n) is 10.7. The molecule has 10 heteroatoms. The summed E-state index contributed by atoms with van der Waals surface area (Å²) in [5.74, 6) is -1.86. The minimum Gasteiger partial charge on any atom is -0.475 e. The summed E-state index contributed by atoms with van der Waals surface area (Å²) in [6.07, 6.45) is -3.41. The summed E-state index contributed by atoms with van der Waals surface area (Å²) in [6.45, 7) is 1.79. The predicted molar refractivity (Wildman–Crippen MR) is 63.8 cm³/mol. The van der Waals surface area contributed by atoms with E-state index in [0.717, 1.165) is 0 Å². The molecule has 0 aliphatic rings. The molecular weight excluding hydrogens is 293 g/mol. The Hall–Kier alpha value is -2.49. The van der Waals surface area contributed by atoms with Crippen LogP contribution in [0.4, 0.5) is 13.2 Å². The van der Waals surface area contributed by atoms with Crippen LogP contribution in [0.5, 0.6) is 0 Å². The molecule has 2 rings (SSSR count). The van der Waals surface area contributed by atoms with Crippen LogP contribution in [0.15, 0.2) is 28.9 Å². The van der Waals surface area contributed by atoms with Gasteiger partial charge in [-0.3, -0.25) is 4.98 Å². The van der Waals surface area contributed by atoms with Gasteiger partial charge in [0.25, 0.3) is 0 Å². The molecule has 3 N–H and O–H groups in total. The number of carboxylic acids is 1. The maximum atomic E-state index is 10.6. The summed E-state index contributed by atoms with van der Waals surface area (Å²) in [4.78, 5) is 17.1. The smallest absolute Gasteiger partial charge is 0.475 e. The Bertz CT molecular complexity index is 584. The molecule has 2 aromatic heterocycles. The zero-order valence-corrected chi connectivity index (χ0v) is 10.7. The van der Waals surface area contributed by atoms with Crippen LogP contribution in [0.3, 0.4) is 0 Å². The van der Waals surface area contributed by atoms with E-state index in [1.165, 1.54) is 0 Å². The highest BCUT2D eigenvalue weighted by Crippen LogP contribution is 2.14. The van der Waals surface area contributed by atoms with Gasteiger partial charge in [-0.25, -0.2) is 4.79 Å². The van der Waals surface area contributed by atoms with E-state index >= 15 is 0 Å². The van der Waals surface area contributed by atoms with E-state index in [1.807, 2.05) is 18.2 Å². The van der Waals surface area contributed by atoms with Crippen molar-refractivity contribution in [2.45, 2.75) is 19.1 Å². The number of aliphatic carboxylic acids is 1. The van der Waals surface area contributed by atoms with Gasteiger partial charge in [-0.15, -0.1) is 0 Å². The summed E-state index contributed by atoms with van der Waals surface area (Å²) >= 11 is 0. The highest BCUT2D eigenvalue weighted by Gasteiger charge is 2.38. The first-order valence-corrected chi connectivity index (χ1v) is 5.52. The van der Waals surface area contributed by atoms with Gasteiger partial charge in [0, 0.05) is 6.20 Å². The zero-order chi connectivity index (χ0) is 16.0. The SMILES string of the molecule is CC(N)c1nc(-c2ccccn2)no1.O=C(O)C(F)(F)F. The Balaban J connectivity index is 0.000000270. The third kappa shape index (κ3) is 5.18. The minimum absolute atomic E-state index is 0.250. The van der Waals surface area contributed by atoms with Crippen LogP contribution in [0, 0.1) is 0 Å². The molecular formula is C11H11F3N4O3. The fraction of sp³-hybridized carbons (Fsp3) is 0.273. The van der Waals surface area contributed by atoms with Crippen LogP contribution < -0.4 is 5.73 Å². The average Bonchev–Trinajstić information content (AvgIpc) is 2.89. The molecule has 0 aliphatic heterocycles. The normalized spacial score (nSPS) is 12.2. The Morgan fingerprint density at radius 1 is 1.43 bits per heavy atom. The van der Waals surface area contributed by atoms with Gasteiger partial charge in [0.05, 0.1) is 6.04 Å². The molecule has 7 nitrogen and oxygen atoms in total. The summed E-state index contributed by atoms with van der Waals surface area (Å²) in [6, 6.07) is 5.26. The molecule has 2 aromatic rings. The first kappa shape index (κ1) is 16.6. The second-order valence-corrected chi connectivity index (χ2v) is 3.76. The molecule has 0 saturated heterocycles. The van der Waals surface area contributed by atoms with E-state index < -0.39 is 12.1 Å². The fourth-order valence-corrected chi connectivity index (χ4v) is 1.02. The van der Waals surface area contributed by atoms with Crippen molar-refractivity contribution >= 4 is 5.97 Å². The monoisotopic (exact) mass is 304 g/mol. The van der Waals surface area contributed by atoms with E-state index in [0.29, 0.717) is 17.4 Å². The Kier molecular flexibility index (Phi) is 5.36. The van der Waals surface area contributed by atoms with Crippen molar-refractivity contribution in [2.24, 2.45) is 5.73 Å². The lowest BCUT2D eigenvalue weighted by Crippen LogP contribution is -2.21. The Morgan fingerprint density at radius 2 is 2.05 bits per heavy atom. The predicted octanol–water partition coefficient (Wildman–Crippen LogP) is 1.78. The van der Waals surface area contributed by atoms with Crippen molar-refractivity contribution in [3.05, 3.63) is 30.3 Å². The lowest BCUT2D eigenvalue weighted by atomic mass is 10.3. The van der Waals surface area contributed by atoms with Gasteiger partial charge in [0.1, 0.15) is 5.69 Å². The van der Waals surface area contributed by atoms with Gasteiger partial charge in [-0.1, -0.05) is 11.2 Å². The summed E-state index contributed by atoms with van der Waals surface area (Å²) in [5.41, 5.74) is 6.27. The maximum absolute atomic E-state index is 10.6. The number of carboxylic acid groups (broad SMARTS) is 1. The molecule has 0 radical (unpaired) electrons. The standard InChI is InChI=1S/C9H10N4O.C2HF3O2/c1-6(10)9-12-8(13-14-9)7-4-2-3-5-11-7;3-2(4,5)1(6)7/h2-6H,10H2,1H3;(H,6,7). The third-order valence-electron chi connectivity index (χ3n) is 1.97. The van der Waals surface area contributed by atoms with Crippen molar-refractivity contribution in [3.63, 3.8) is 0 Å². The summed E-state index contributed by atoms with van der Waals surface area (Å²) < 4.78 is 36.7. The van der Waals surface area contributed by atoms with Crippen LogP contribution in [0.25, 0.3) is 11.5 Å². The van der Waals surface area contributed by atoms with E-state index in [1.54, 1.807) is 13.1 Å². The number of nitrogens with zero attached hydrogens (tertiary/aromatic N) is 3. The van der Waals surface area contributed by atoms with Gasteiger partial charge in [0.2, 0.25) is 11.7 Å². The molecule has 0 aromatic carbocycles. The molecule has 0 amide bonds. The number of pyridine rings is 1. The van der Waals surface area contributed by atoms with Gasteiger partial charge in [-0.05, 0) is 19.1 Å². The van der Waals surface area contributed by atoms with Crippen molar-refractivity contribution in [2.75, 3.05) is 0 Å². The number of carbonyl (C=O) groups is 1. The topological polar surface area (TPSA) is 115 Å². The highest BCUT2D eigenvalue weighted by atomic mass is 19.4. The van der Waals surface area contributed by atoms with E-state index in [-0.39, 0.29) is 6.04 Å². The van der Waals surface area contributed by atoms with Crippen LogP contribution in [0.1, 0.15) is 18.9 Å². The lowest BCUT2D eigenvalue weighted by Gasteiger charge is -1.93. The summed E-state index contributed by atoms with van der Waals surface area (Å²) in [7, 11) is 0. The molecule has 21 heavy (non-hydrogen) atoms. The minimum atomic E-state index is -5.08. The number of alkyl halides is 3. The van der Waals surface area contributed by atoms with Gasteiger partial charge in [0.15, 0.2) is 0 Å². The number of nitrogens with two attached hydrogens (primary N) is 1. The second-order valence-electron chi connectivity index (χ2n) is 3.76. The lowest BCUT2D eigenvalue weighted by molar-refractivity contribution is -0.192. The van der Waals surface area contributed by atoms with Crippen LogP contribution in [0.2, 0.25) is 0 Å². The second kappa shape index (κ2) is 6.79. The molecule has 1 atom stereocenters. The molecule has 114 valence electrons. The quantitative estimate of drug-likeness (QED) is 0.868. The van der Waals surface area contributed by atoms with E-state index in [2.05, 4.69) is 15.1 Å².